The van der Waals surface area contributed by atoms with Crippen LogP contribution in [0.15, 0.2) is 55.1 Å². The summed E-state index contributed by atoms with van der Waals surface area (Å²) >= 11 is 0. The van der Waals surface area contributed by atoms with E-state index in [0.717, 1.165) is 42.8 Å². The Labute approximate surface area is 143 Å². The first-order chi connectivity index (χ1) is 11.7. The van der Waals surface area contributed by atoms with Crippen molar-refractivity contribution in [2.24, 2.45) is 5.92 Å². The fourth-order valence-corrected chi connectivity index (χ4v) is 3.32. The summed E-state index contributed by atoms with van der Waals surface area (Å²) < 4.78 is 5.15. The Kier molecular flexibility index (Phi) is 4.99. The zero-order valence-corrected chi connectivity index (χ0v) is 14.1. The van der Waals surface area contributed by atoms with E-state index < -0.39 is 0 Å². The van der Waals surface area contributed by atoms with Gasteiger partial charge in [0, 0.05) is 30.3 Å². The molecule has 0 spiro atoms. The van der Waals surface area contributed by atoms with Gasteiger partial charge in [-0.3, -0.25) is 4.79 Å². The first-order valence-corrected chi connectivity index (χ1v) is 8.37. The molecule has 1 fully saturated rings. The minimum absolute atomic E-state index is 0.102. The van der Waals surface area contributed by atoms with Gasteiger partial charge < -0.3 is 9.64 Å². The Morgan fingerprint density at radius 2 is 1.79 bits per heavy atom. The van der Waals surface area contributed by atoms with Crippen LogP contribution in [0.1, 0.15) is 28.8 Å². The number of ketones is 1. The van der Waals surface area contributed by atoms with Crippen LogP contribution in [0.2, 0.25) is 0 Å². The topological polar surface area (TPSA) is 29.5 Å². The molecule has 0 N–H and O–H groups in total. The number of ether oxygens (including phenoxy) is 1. The minimum atomic E-state index is 0.102. The van der Waals surface area contributed by atoms with Crippen LogP contribution in [0, 0.1) is 5.92 Å². The summed E-state index contributed by atoms with van der Waals surface area (Å²) in [6, 6.07) is 15.7. The molecule has 0 bridgehead atoms. The third kappa shape index (κ3) is 3.35. The third-order valence-corrected chi connectivity index (χ3v) is 4.74. The van der Waals surface area contributed by atoms with Crippen LogP contribution in [-0.4, -0.2) is 26.0 Å². The second-order valence-electron chi connectivity index (χ2n) is 6.12. The van der Waals surface area contributed by atoms with Crippen molar-refractivity contribution in [1.82, 2.24) is 0 Å². The van der Waals surface area contributed by atoms with Crippen LogP contribution in [0.3, 0.4) is 0 Å². The Hall–Kier alpha value is -2.55. The third-order valence-electron chi connectivity index (χ3n) is 4.74. The molecule has 3 rings (SSSR count). The van der Waals surface area contributed by atoms with Crippen LogP contribution in [0.5, 0.6) is 5.75 Å². The smallest absolute Gasteiger partial charge is 0.166 e. The number of para-hydroxylation sites is 1. The summed E-state index contributed by atoms with van der Waals surface area (Å²) in [5, 5.41) is 0. The second kappa shape index (κ2) is 7.35. The molecule has 124 valence electrons. The summed E-state index contributed by atoms with van der Waals surface area (Å²) in [4.78, 5) is 15.0. The van der Waals surface area contributed by atoms with E-state index in [-0.39, 0.29) is 11.7 Å². The average molecular weight is 321 g/mol. The van der Waals surface area contributed by atoms with Gasteiger partial charge in [0.2, 0.25) is 0 Å². The van der Waals surface area contributed by atoms with E-state index in [0.29, 0.717) is 0 Å². The van der Waals surface area contributed by atoms with Gasteiger partial charge in [-0.2, -0.15) is 0 Å². The number of benzene rings is 2. The lowest BCUT2D eigenvalue weighted by atomic mass is 9.88. The van der Waals surface area contributed by atoms with Gasteiger partial charge >= 0.3 is 0 Å². The number of carbonyl (C=O) groups is 1. The van der Waals surface area contributed by atoms with Gasteiger partial charge in [-0.05, 0) is 48.7 Å². The Bertz CT molecular complexity index is 713. The molecule has 1 aliphatic heterocycles. The van der Waals surface area contributed by atoms with Gasteiger partial charge in [-0.1, -0.05) is 30.9 Å². The largest absolute Gasteiger partial charge is 0.497 e. The van der Waals surface area contributed by atoms with Crippen LogP contribution < -0.4 is 9.64 Å². The molecule has 0 amide bonds. The predicted molar refractivity (Wildman–Crippen MR) is 98.8 cm³/mol. The van der Waals surface area contributed by atoms with Gasteiger partial charge in [0.25, 0.3) is 0 Å². The standard InChI is InChI=1S/C21H23NO2/c1-3-16-6-4-5-7-20(16)22-14-12-18(13-15-22)21(23)17-8-10-19(24-2)11-9-17/h3-11,18H,1,12-15H2,2H3. The van der Waals surface area contributed by atoms with Gasteiger partial charge in [-0.25, -0.2) is 0 Å². The maximum absolute atomic E-state index is 12.7. The van der Waals surface area contributed by atoms with E-state index >= 15 is 0 Å². The number of hydrogen-bond acceptors (Lipinski definition) is 3. The Morgan fingerprint density at radius 3 is 2.42 bits per heavy atom. The fraction of sp³-hybridized carbons (Fsp3) is 0.286. The molecule has 24 heavy (non-hydrogen) atoms. The van der Waals surface area contributed by atoms with Crippen LogP contribution >= 0.6 is 0 Å². The molecular weight excluding hydrogens is 298 g/mol. The Morgan fingerprint density at radius 1 is 1.12 bits per heavy atom. The van der Waals surface area contributed by atoms with Gasteiger partial charge in [-0.15, -0.1) is 0 Å². The highest BCUT2D eigenvalue weighted by Gasteiger charge is 2.26. The number of nitrogens with zero attached hydrogens (tertiary/aromatic N) is 1. The van der Waals surface area contributed by atoms with Gasteiger partial charge in [0.15, 0.2) is 5.78 Å². The quantitative estimate of drug-likeness (QED) is 0.763. The maximum atomic E-state index is 12.7. The van der Waals surface area contributed by atoms with Crippen LogP contribution in [-0.2, 0) is 0 Å². The van der Waals surface area contributed by atoms with Crippen LogP contribution in [0.25, 0.3) is 6.08 Å². The average Bonchev–Trinajstić information content (AvgIpc) is 2.67. The van der Waals surface area contributed by atoms with E-state index in [1.807, 2.05) is 36.4 Å². The molecule has 2 aromatic rings. The summed E-state index contributed by atoms with van der Waals surface area (Å²) in [6.07, 6.45) is 3.66. The Balaban J connectivity index is 1.66. The molecule has 0 aromatic heterocycles. The van der Waals surface area contributed by atoms with Gasteiger partial charge in [0.1, 0.15) is 5.75 Å². The number of methoxy groups -OCH3 is 1. The van der Waals surface area contributed by atoms with Crippen molar-refractivity contribution >= 4 is 17.5 Å². The molecule has 0 radical (unpaired) electrons. The van der Waals surface area contributed by atoms with Crippen molar-refractivity contribution < 1.29 is 9.53 Å². The summed E-state index contributed by atoms with van der Waals surface area (Å²) in [6.45, 7) is 5.69. The number of hydrogen-bond donors (Lipinski definition) is 0. The molecule has 2 aromatic carbocycles. The van der Waals surface area contributed by atoms with Crippen molar-refractivity contribution in [3.63, 3.8) is 0 Å². The van der Waals surface area contributed by atoms with Crippen molar-refractivity contribution in [2.75, 3.05) is 25.1 Å². The highest BCUT2D eigenvalue weighted by Crippen LogP contribution is 2.29. The predicted octanol–water partition coefficient (Wildman–Crippen LogP) is 4.44. The maximum Gasteiger partial charge on any atom is 0.166 e. The lowest BCUT2D eigenvalue weighted by molar-refractivity contribution is 0.0900. The molecule has 1 heterocycles. The van der Waals surface area contributed by atoms with E-state index in [9.17, 15) is 4.79 Å². The number of carbonyl (C=O) groups excluding carboxylic acids is 1. The van der Waals surface area contributed by atoms with Crippen molar-refractivity contribution in [3.05, 3.63) is 66.2 Å². The SMILES string of the molecule is C=Cc1ccccc1N1CCC(C(=O)c2ccc(OC)cc2)CC1. The van der Waals surface area contributed by atoms with E-state index in [1.165, 1.54) is 5.69 Å². The molecule has 1 saturated heterocycles. The minimum Gasteiger partial charge on any atom is -0.497 e. The number of piperidine rings is 1. The monoisotopic (exact) mass is 321 g/mol. The first-order valence-electron chi connectivity index (χ1n) is 8.37. The highest BCUT2D eigenvalue weighted by atomic mass is 16.5. The molecule has 1 aliphatic rings. The molecule has 3 nitrogen and oxygen atoms in total. The fourth-order valence-electron chi connectivity index (χ4n) is 3.32. The van der Waals surface area contributed by atoms with Gasteiger partial charge in [0.05, 0.1) is 7.11 Å². The summed E-state index contributed by atoms with van der Waals surface area (Å²) in [5.41, 5.74) is 3.14. The molecule has 0 aliphatic carbocycles. The lowest BCUT2D eigenvalue weighted by Crippen LogP contribution is -2.36. The second-order valence-corrected chi connectivity index (χ2v) is 6.12. The lowest BCUT2D eigenvalue weighted by Gasteiger charge is -2.34. The zero-order valence-electron chi connectivity index (χ0n) is 14.1. The first kappa shape index (κ1) is 16.3. The normalized spacial score (nSPS) is 15.1. The molecule has 0 unspecified atom stereocenters. The van der Waals surface area contributed by atoms with E-state index in [2.05, 4.69) is 29.7 Å². The molecule has 3 heteroatoms. The van der Waals surface area contributed by atoms with Crippen molar-refractivity contribution in [1.29, 1.82) is 0 Å². The molecular formula is C21H23NO2. The summed E-state index contributed by atoms with van der Waals surface area (Å²) in [5.74, 6) is 1.13. The van der Waals surface area contributed by atoms with E-state index in [1.54, 1.807) is 7.11 Å². The van der Waals surface area contributed by atoms with Crippen LogP contribution in [0.4, 0.5) is 5.69 Å². The van der Waals surface area contributed by atoms with Crippen molar-refractivity contribution in [3.8, 4) is 5.75 Å². The number of anilines is 1. The zero-order chi connectivity index (χ0) is 16.9. The summed E-state index contributed by atoms with van der Waals surface area (Å²) in [7, 11) is 1.63. The van der Waals surface area contributed by atoms with E-state index in [4.69, 9.17) is 4.74 Å². The number of rotatable bonds is 5. The van der Waals surface area contributed by atoms with Crippen molar-refractivity contribution in [2.45, 2.75) is 12.8 Å². The number of Topliss-reactive ketones (excluding diaryl/α,β-unsaturated/α-hetero) is 1. The molecule has 0 atom stereocenters. The molecule has 0 saturated carbocycles. The highest BCUT2D eigenvalue weighted by molar-refractivity contribution is 5.98.